The van der Waals surface area contributed by atoms with Crippen LogP contribution < -0.4 is 10.1 Å². The van der Waals surface area contributed by atoms with Crippen LogP contribution in [0.1, 0.15) is 0 Å². The smallest absolute Gasteiger partial charge is 0.262 e. The molecule has 122 valence electrons. The van der Waals surface area contributed by atoms with Crippen molar-refractivity contribution < 1.29 is 17.9 Å². The molecule has 0 bridgehead atoms. The molecule has 0 saturated heterocycles. The van der Waals surface area contributed by atoms with E-state index in [-0.39, 0.29) is 22.2 Å². The third-order valence-electron chi connectivity index (χ3n) is 2.84. The molecular weight excluding hydrogens is 361 g/mol. The molecule has 2 aromatic rings. The summed E-state index contributed by atoms with van der Waals surface area (Å²) in [6.45, 7) is -0.289. The zero-order valence-corrected chi connectivity index (χ0v) is 14.4. The first-order valence-corrected chi connectivity index (χ1v) is 9.09. The average molecular weight is 374 g/mol. The van der Waals surface area contributed by atoms with Gasteiger partial charge in [-0.1, -0.05) is 35.3 Å². The minimum absolute atomic E-state index is 0.0595. The van der Waals surface area contributed by atoms with E-state index in [0.29, 0.717) is 10.8 Å². The average Bonchev–Trinajstić information content (AvgIpc) is 2.47. The van der Waals surface area contributed by atoms with Crippen LogP contribution in [-0.2, 0) is 14.6 Å². The monoisotopic (exact) mass is 373 g/mol. The summed E-state index contributed by atoms with van der Waals surface area (Å²) in [4.78, 5) is 12.0. The molecule has 0 atom stereocenters. The molecule has 0 aliphatic heterocycles. The van der Waals surface area contributed by atoms with Crippen molar-refractivity contribution in [3.63, 3.8) is 0 Å². The van der Waals surface area contributed by atoms with Crippen LogP contribution in [-0.4, -0.2) is 27.2 Å². The molecule has 1 N–H and O–H groups in total. The number of nitrogens with one attached hydrogen (secondary N) is 1. The lowest BCUT2D eigenvalue weighted by molar-refractivity contribution is -0.118. The number of hydrogen-bond donors (Lipinski definition) is 1. The second-order valence-corrected chi connectivity index (χ2v) is 7.51. The van der Waals surface area contributed by atoms with Gasteiger partial charge in [0.25, 0.3) is 5.91 Å². The summed E-state index contributed by atoms with van der Waals surface area (Å²) in [5.41, 5.74) is 0.197. The molecule has 2 rings (SSSR count). The predicted molar refractivity (Wildman–Crippen MR) is 90.1 cm³/mol. The maximum Gasteiger partial charge on any atom is 0.262 e. The minimum Gasteiger partial charge on any atom is -0.482 e. The summed E-state index contributed by atoms with van der Waals surface area (Å²) >= 11 is 11.9. The van der Waals surface area contributed by atoms with Crippen LogP contribution in [0.15, 0.2) is 47.4 Å². The molecule has 5 nitrogen and oxygen atoms in total. The highest BCUT2D eigenvalue weighted by Gasteiger charge is 2.13. The Morgan fingerprint density at radius 3 is 2.48 bits per heavy atom. The Morgan fingerprint density at radius 1 is 1.13 bits per heavy atom. The largest absolute Gasteiger partial charge is 0.482 e. The highest BCUT2D eigenvalue weighted by molar-refractivity contribution is 7.90. The van der Waals surface area contributed by atoms with Crippen molar-refractivity contribution in [3.05, 3.63) is 52.5 Å². The molecule has 1 amide bonds. The van der Waals surface area contributed by atoms with Gasteiger partial charge in [-0.3, -0.25) is 4.79 Å². The summed E-state index contributed by atoms with van der Waals surface area (Å²) in [7, 11) is -3.40. The Morgan fingerprint density at radius 2 is 1.83 bits per heavy atom. The van der Waals surface area contributed by atoms with Crippen molar-refractivity contribution in [2.75, 3.05) is 18.2 Å². The number of para-hydroxylation sites is 1. The van der Waals surface area contributed by atoms with Crippen LogP contribution in [0.2, 0.25) is 10.0 Å². The van der Waals surface area contributed by atoms with E-state index in [1.54, 1.807) is 24.3 Å². The fourth-order valence-electron chi connectivity index (χ4n) is 1.72. The summed E-state index contributed by atoms with van der Waals surface area (Å²) in [5.74, 6) is -0.113. The highest BCUT2D eigenvalue weighted by Crippen LogP contribution is 2.26. The molecule has 0 saturated carbocycles. The highest BCUT2D eigenvalue weighted by atomic mass is 35.5. The first-order chi connectivity index (χ1) is 10.8. The lowest BCUT2D eigenvalue weighted by atomic mass is 10.3. The van der Waals surface area contributed by atoms with Crippen LogP contribution in [0.5, 0.6) is 5.75 Å². The number of ether oxygens (including phenoxy) is 1. The third-order valence-corrected chi connectivity index (χ3v) is 4.59. The number of halogens is 2. The van der Waals surface area contributed by atoms with Crippen molar-refractivity contribution in [2.45, 2.75) is 4.90 Å². The van der Waals surface area contributed by atoms with Gasteiger partial charge in [0.05, 0.1) is 20.6 Å². The van der Waals surface area contributed by atoms with Gasteiger partial charge in [-0.25, -0.2) is 8.42 Å². The van der Waals surface area contributed by atoms with Gasteiger partial charge in [0.15, 0.2) is 16.4 Å². The van der Waals surface area contributed by atoms with E-state index in [0.717, 1.165) is 6.26 Å². The van der Waals surface area contributed by atoms with Gasteiger partial charge in [0.1, 0.15) is 5.75 Å². The maximum atomic E-state index is 11.9. The van der Waals surface area contributed by atoms with Crippen LogP contribution in [0.3, 0.4) is 0 Å². The molecule has 0 aliphatic carbocycles. The third kappa shape index (κ3) is 4.86. The molecular formula is C15H13Cl2NO4S. The molecule has 23 heavy (non-hydrogen) atoms. The summed E-state index contributed by atoms with van der Waals surface area (Å²) in [5, 5.41) is 3.12. The zero-order valence-electron chi connectivity index (χ0n) is 12.0. The number of carbonyl (C=O) groups is 1. The molecule has 0 heterocycles. The molecule has 0 aliphatic rings. The molecule has 0 spiro atoms. The van der Waals surface area contributed by atoms with E-state index in [9.17, 15) is 13.2 Å². The van der Waals surface area contributed by atoms with Gasteiger partial charge < -0.3 is 10.1 Å². The quantitative estimate of drug-likeness (QED) is 0.871. The van der Waals surface area contributed by atoms with E-state index >= 15 is 0 Å². The van der Waals surface area contributed by atoms with Crippen molar-refractivity contribution in [3.8, 4) is 5.75 Å². The van der Waals surface area contributed by atoms with Gasteiger partial charge in [0.2, 0.25) is 0 Å². The number of sulfone groups is 1. The summed E-state index contributed by atoms with van der Waals surface area (Å²) in [6.07, 6.45) is 1.07. The molecule has 0 aromatic heterocycles. The molecule has 0 radical (unpaired) electrons. The second-order valence-electron chi connectivity index (χ2n) is 4.68. The number of rotatable bonds is 5. The SMILES string of the molecule is CS(=O)(=O)c1ccc(Cl)c(NC(=O)COc2ccccc2Cl)c1. The van der Waals surface area contributed by atoms with Gasteiger partial charge in [0, 0.05) is 6.26 Å². The lowest BCUT2D eigenvalue weighted by Crippen LogP contribution is -2.20. The normalized spacial score (nSPS) is 11.1. The van der Waals surface area contributed by atoms with Gasteiger partial charge >= 0.3 is 0 Å². The topological polar surface area (TPSA) is 72.5 Å². The number of amides is 1. The molecule has 0 fully saturated rings. The van der Waals surface area contributed by atoms with Crippen LogP contribution in [0, 0.1) is 0 Å². The van der Waals surface area contributed by atoms with E-state index in [1.807, 2.05) is 0 Å². The number of benzene rings is 2. The number of carbonyl (C=O) groups excluding carboxylic acids is 1. The summed E-state index contributed by atoms with van der Waals surface area (Å²) in [6, 6.07) is 10.8. The Balaban J connectivity index is 2.07. The van der Waals surface area contributed by atoms with Gasteiger partial charge in [-0.15, -0.1) is 0 Å². The van der Waals surface area contributed by atoms with Crippen LogP contribution in [0.4, 0.5) is 5.69 Å². The Bertz CT molecular complexity index is 837. The number of anilines is 1. The Labute approximate surface area is 144 Å². The van der Waals surface area contributed by atoms with E-state index < -0.39 is 15.7 Å². The van der Waals surface area contributed by atoms with Gasteiger partial charge in [-0.2, -0.15) is 0 Å². The van der Waals surface area contributed by atoms with E-state index in [4.69, 9.17) is 27.9 Å². The van der Waals surface area contributed by atoms with Crippen molar-refractivity contribution in [2.24, 2.45) is 0 Å². The number of hydrogen-bond acceptors (Lipinski definition) is 4. The second kappa shape index (κ2) is 7.21. The fraction of sp³-hybridized carbons (Fsp3) is 0.133. The maximum absolute atomic E-state index is 11.9. The Hall–Kier alpha value is -1.76. The van der Waals surface area contributed by atoms with Crippen molar-refractivity contribution in [1.82, 2.24) is 0 Å². The summed E-state index contributed by atoms with van der Waals surface area (Å²) < 4.78 is 28.4. The fourth-order valence-corrected chi connectivity index (χ4v) is 2.72. The minimum atomic E-state index is -3.40. The standard InChI is InChI=1S/C15H13Cl2NO4S/c1-23(20,21)10-6-7-11(16)13(8-10)18-15(19)9-22-14-5-3-2-4-12(14)17/h2-8H,9H2,1H3,(H,18,19). The molecule has 8 heteroatoms. The van der Waals surface area contributed by atoms with Crippen molar-refractivity contribution >= 4 is 44.6 Å². The first kappa shape index (κ1) is 17.6. The first-order valence-electron chi connectivity index (χ1n) is 6.44. The predicted octanol–water partition coefficient (Wildman–Crippen LogP) is 3.41. The van der Waals surface area contributed by atoms with E-state index in [1.165, 1.54) is 18.2 Å². The van der Waals surface area contributed by atoms with Gasteiger partial charge in [-0.05, 0) is 30.3 Å². The molecule has 0 unspecified atom stereocenters. The van der Waals surface area contributed by atoms with Crippen LogP contribution >= 0.6 is 23.2 Å². The van der Waals surface area contributed by atoms with Crippen molar-refractivity contribution in [1.29, 1.82) is 0 Å². The lowest BCUT2D eigenvalue weighted by Gasteiger charge is -2.10. The zero-order chi connectivity index (χ0) is 17.0. The van der Waals surface area contributed by atoms with E-state index in [2.05, 4.69) is 5.32 Å². The Kier molecular flexibility index (Phi) is 5.51. The van der Waals surface area contributed by atoms with Crippen LogP contribution in [0.25, 0.3) is 0 Å². The molecule has 2 aromatic carbocycles.